The summed E-state index contributed by atoms with van der Waals surface area (Å²) >= 11 is 0. The van der Waals surface area contributed by atoms with Crippen molar-refractivity contribution in [2.24, 2.45) is 0 Å². The molecule has 0 aromatic carbocycles. The molecule has 5 heteroatoms. The average Bonchev–Trinajstić information content (AvgIpc) is 2.27. The molecule has 0 bridgehead atoms. The Morgan fingerprint density at radius 1 is 1.53 bits per heavy atom. The van der Waals surface area contributed by atoms with Crippen LogP contribution in [-0.4, -0.2) is 33.9 Å². The van der Waals surface area contributed by atoms with Gasteiger partial charge in [-0.2, -0.15) is 0 Å². The summed E-state index contributed by atoms with van der Waals surface area (Å²) in [5.41, 5.74) is 5.72. The van der Waals surface area contributed by atoms with Gasteiger partial charge >= 0.3 is 0 Å². The van der Waals surface area contributed by atoms with Crippen LogP contribution in [0.5, 0.6) is 0 Å². The number of hydrogen-bond acceptors (Lipinski definition) is 4. The van der Waals surface area contributed by atoms with E-state index in [0.717, 1.165) is 6.42 Å². The monoisotopic (exact) mass is 208 g/mol. The minimum atomic E-state index is -0.128. The molecule has 5 nitrogen and oxygen atoms in total. The van der Waals surface area contributed by atoms with Gasteiger partial charge in [-0.3, -0.25) is 4.79 Å². The number of anilines is 1. The van der Waals surface area contributed by atoms with Crippen molar-refractivity contribution in [2.75, 3.05) is 12.8 Å². The van der Waals surface area contributed by atoms with Crippen LogP contribution < -0.4 is 5.73 Å². The van der Waals surface area contributed by atoms with E-state index in [0.29, 0.717) is 11.5 Å². The maximum atomic E-state index is 11.8. The first-order valence-corrected chi connectivity index (χ1v) is 4.91. The van der Waals surface area contributed by atoms with E-state index in [1.165, 1.54) is 12.4 Å². The number of aromatic nitrogens is 2. The summed E-state index contributed by atoms with van der Waals surface area (Å²) in [5, 5.41) is 0. The lowest BCUT2D eigenvalue weighted by Crippen LogP contribution is -2.35. The molecule has 1 aromatic rings. The largest absolute Gasteiger partial charge is 0.382 e. The minimum absolute atomic E-state index is 0.128. The first-order valence-electron chi connectivity index (χ1n) is 4.91. The molecule has 1 amide bonds. The van der Waals surface area contributed by atoms with Crippen molar-refractivity contribution in [1.82, 2.24) is 14.9 Å². The van der Waals surface area contributed by atoms with Gasteiger partial charge in [-0.15, -0.1) is 0 Å². The molecule has 0 fully saturated rings. The molecular formula is C10H16N4O. The van der Waals surface area contributed by atoms with E-state index < -0.39 is 0 Å². The normalized spacial score (nSPS) is 12.2. The van der Waals surface area contributed by atoms with Crippen LogP contribution >= 0.6 is 0 Å². The van der Waals surface area contributed by atoms with E-state index in [1.54, 1.807) is 11.9 Å². The first-order chi connectivity index (χ1) is 7.06. The summed E-state index contributed by atoms with van der Waals surface area (Å²) in [6.45, 7) is 4.02. The highest BCUT2D eigenvalue weighted by atomic mass is 16.2. The zero-order chi connectivity index (χ0) is 11.4. The smallest absolute Gasteiger partial charge is 0.274 e. The maximum Gasteiger partial charge on any atom is 0.274 e. The molecule has 1 rings (SSSR count). The number of nitrogen functional groups attached to an aromatic ring is 1. The number of nitrogens with two attached hydrogens (primary N) is 1. The van der Waals surface area contributed by atoms with E-state index in [-0.39, 0.29) is 11.9 Å². The zero-order valence-corrected chi connectivity index (χ0v) is 9.27. The fourth-order valence-corrected chi connectivity index (χ4v) is 1.10. The van der Waals surface area contributed by atoms with Crippen LogP contribution in [0.3, 0.4) is 0 Å². The van der Waals surface area contributed by atoms with Crippen LogP contribution in [0.25, 0.3) is 0 Å². The predicted molar refractivity (Wildman–Crippen MR) is 58.3 cm³/mol. The number of hydrogen-bond donors (Lipinski definition) is 1. The number of nitrogens with zero attached hydrogens (tertiary/aromatic N) is 3. The number of carbonyl (C=O) groups excluding carboxylic acids is 1. The van der Waals surface area contributed by atoms with Crippen LogP contribution in [0, 0.1) is 0 Å². The van der Waals surface area contributed by atoms with Gasteiger partial charge in [-0.05, 0) is 13.3 Å². The van der Waals surface area contributed by atoms with Gasteiger partial charge in [0.15, 0.2) is 0 Å². The third-order valence-electron chi connectivity index (χ3n) is 2.46. The lowest BCUT2D eigenvalue weighted by Gasteiger charge is -2.23. The highest BCUT2D eigenvalue weighted by Crippen LogP contribution is 2.06. The molecule has 1 unspecified atom stereocenters. The van der Waals surface area contributed by atoms with Gasteiger partial charge < -0.3 is 10.6 Å². The molecule has 0 saturated heterocycles. The van der Waals surface area contributed by atoms with Gasteiger partial charge in [0.1, 0.15) is 11.5 Å². The molecule has 0 spiro atoms. The highest BCUT2D eigenvalue weighted by Gasteiger charge is 2.17. The molecule has 0 saturated carbocycles. The average molecular weight is 208 g/mol. The van der Waals surface area contributed by atoms with Gasteiger partial charge in [0, 0.05) is 13.1 Å². The van der Waals surface area contributed by atoms with Crippen LogP contribution in [0.4, 0.5) is 5.82 Å². The van der Waals surface area contributed by atoms with E-state index in [4.69, 9.17) is 5.73 Å². The Morgan fingerprint density at radius 3 is 2.67 bits per heavy atom. The van der Waals surface area contributed by atoms with Crippen LogP contribution in [0.2, 0.25) is 0 Å². The third kappa shape index (κ3) is 2.65. The van der Waals surface area contributed by atoms with Crippen molar-refractivity contribution in [2.45, 2.75) is 26.3 Å². The highest BCUT2D eigenvalue weighted by molar-refractivity contribution is 5.92. The van der Waals surface area contributed by atoms with Gasteiger partial charge in [0.25, 0.3) is 5.91 Å². The second-order valence-corrected chi connectivity index (χ2v) is 3.50. The quantitative estimate of drug-likeness (QED) is 0.802. The lowest BCUT2D eigenvalue weighted by molar-refractivity contribution is 0.0734. The van der Waals surface area contributed by atoms with E-state index in [9.17, 15) is 4.79 Å². The van der Waals surface area contributed by atoms with Gasteiger partial charge in [0.05, 0.1) is 12.4 Å². The summed E-state index contributed by atoms with van der Waals surface area (Å²) in [5.74, 6) is 0.189. The summed E-state index contributed by atoms with van der Waals surface area (Å²) in [6, 6.07) is 0.192. The molecule has 0 radical (unpaired) electrons. The third-order valence-corrected chi connectivity index (χ3v) is 2.46. The Morgan fingerprint density at radius 2 is 2.20 bits per heavy atom. The molecule has 1 aromatic heterocycles. The fraction of sp³-hybridized carbons (Fsp3) is 0.500. The van der Waals surface area contributed by atoms with E-state index in [2.05, 4.69) is 9.97 Å². The molecular weight excluding hydrogens is 192 g/mol. The standard InChI is InChI=1S/C10H16N4O/c1-4-7(2)14(3)10(15)8-5-13-9(11)6-12-8/h5-7H,4H2,1-3H3,(H2,11,13). The van der Waals surface area contributed by atoms with Crippen LogP contribution in [0.1, 0.15) is 30.8 Å². The number of amides is 1. The molecule has 0 aliphatic carbocycles. The van der Waals surface area contributed by atoms with Gasteiger partial charge in [-0.25, -0.2) is 9.97 Å². The van der Waals surface area contributed by atoms with Crippen LogP contribution in [0.15, 0.2) is 12.4 Å². The molecule has 1 heterocycles. The Balaban J connectivity index is 2.80. The van der Waals surface area contributed by atoms with Crippen molar-refractivity contribution >= 4 is 11.7 Å². The van der Waals surface area contributed by atoms with Crippen molar-refractivity contribution in [1.29, 1.82) is 0 Å². The molecule has 0 aliphatic rings. The van der Waals surface area contributed by atoms with Crippen LogP contribution in [-0.2, 0) is 0 Å². The Labute approximate surface area is 89.3 Å². The second-order valence-electron chi connectivity index (χ2n) is 3.50. The van der Waals surface area contributed by atoms with E-state index >= 15 is 0 Å². The molecule has 1 atom stereocenters. The van der Waals surface area contributed by atoms with Gasteiger partial charge in [0.2, 0.25) is 0 Å². The molecule has 82 valence electrons. The molecule has 0 aliphatic heterocycles. The SMILES string of the molecule is CCC(C)N(C)C(=O)c1cnc(N)cn1. The predicted octanol–water partition coefficient (Wildman–Crippen LogP) is 0.929. The van der Waals surface area contributed by atoms with Crippen molar-refractivity contribution < 1.29 is 4.79 Å². The Bertz CT molecular complexity index is 336. The lowest BCUT2D eigenvalue weighted by atomic mass is 10.2. The zero-order valence-electron chi connectivity index (χ0n) is 9.27. The molecule has 2 N–H and O–H groups in total. The van der Waals surface area contributed by atoms with E-state index in [1.807, 2.05) is 13.8 Å². The van der Waals surface area contributed by atoms with Gasteiger partial charge in [-0.1, -0.05) is 6.92 Å². The maximum absolute atomic E-state index is 11.8. The summed E-state index contributed by atoms with van der Waals surface area (Å²) in [7, 11) is 1.76. The van der Waals surface area contributed by atoms with Crippen molar-refractivity contribution in [3.05, 3.63) is 18.1 Å². The summed E-state index contributed by atoms with van der Waals surface area (Å²) in [4.78, 5) is 21.3. The second kappa shape index (κ2) is 4.72. The number of carbonyl (C=O) groups is 1. The Hall–Kier alpha value is -1.65. The van der Waals surface area contributed by atoms with Crippen molar-refractivity contribution in [3.8, 4) is 0 Å². The van der Waals surface area contributed by atoms with Crippen molar-refractivity contribution in [3.63, 3.8) is 0 Å². The summed E-state index contributed by atoms with van der Waals surface area (Å²) < 4.78 is 0. The Kier molecular flexibility index (Phi) is 3.60. The summed E-state index contributed by atoms with van der Waals surface area (Å²) in [6.07, 6.45) is 3.69. The first kappa shape index (κ1) is 11.4. The minimum Gasteiger partial charge on any atom is -0.382 e. The molecule has 15 heavy (non-hydrogen) atoms. The number of rotatable bonds is 3. The topological polar surface area (TPSA) is 72.1 Å². The fourth-order valence-electron chi connectivity index (χ4n) is 1.10.